The van der Waals surface area contributed by atoms with Crippen molar-refractivity contribution in [2.75, 3.05) is 0 Å². The summed E-state index contributed by atoms with van der Waals surface area (Å²) in [4.78, 5) is 8.36. The number of carboxylic acid groups (broad SMARTS) is 1. The molecule has 0 aliphatic carbocycles. The molecular formula is C8H11ClO2. The molecule has 0 aromatic heterocycles. The van der Waals surface area contributed by atoms with Crippen molar-refractivity contribution in [3.05, 3.63) is 35.9 Å². The molecule has 2 nitrogen and oxygen atoms in total. The molecule has 3 heteroatoms. The van der Waals surface area contributed by atoms with Crippen LogP contribution in [0.4, 0.5) is 0 Å². The van der Waals surface area contributed by atoms with Gasteiger partial charge in [0.25, 0.3) is 6.47 Å². The molecule has 0 radical (unpaired) electrons. The highest BCUT2D eigenvalue weighted by Gasteiger charge is 1.72. The van der Waals surface area contributed by atoms with E-state index >= 15 is 0 Å². The molecule has 0 bridgehead atoms. The van der Waals surface area contributed by atoms with Gasteiger partial charge in [0.05, 0.1) is 0 Å². The monoisotopic (exact) mass is 174 g/mol. The van der Waals surface area contributed by atoms with Crippen LogP contribution < -0.4 is 0 Å². The summed E-state index contributed by atoms with van der Waals surface area (Å²) in [6, 6.07) is 10.3. The zero-order valence-corrected chi connectivity index (χ0v) is 7.04. The van der Waals surface area contributed by atoms with Gasteiger partial charge in [0.15, 0.2) is 0 Å². The number of hydrogen-bond acceptors (Lipinski definition) is 1. The lowest BCUT2D eigenvalue weighted by Crippen LogP contribution is -1.62. The Morgan fingerprint density at radius 1 is 1.27 bits per heavy atom. The van der Waals surface area contributed by atoms with E-state index in [0.717, 1.165) is 0 Å². The highest BCUT2D eigenvalue weighted by atomic mass is 35.5. The fourth-order valence-electron chi connectivity index (χ4n) is 0.534. The number of hydrogen-bond donors (Lipinski definition) is 1. The quantitative estimate of drug-likeness (QED) is 0.612. The first-order valence-electron chi connectivity index (χ1n) is 2.90. The highest BCUT2D eigenvalue weighted by Crippen LogP contribution is 1.92. The summed E-state index contributed by atoms with van der Waals surface area (Å²) in [5.41, 5.74) is 1.32. The van der Waals surface area contributed by atoms with Crippen molar-refractivity contribution in [3.8, 4) is 0 Å². The molecule has 0 heterocycles. The third-order valence-corrected chi connectivity index (χ3v) is 0.940. The maximum Gasteiger partial charge on any atom is 0.290 e. The predicted molar refractivity (Wildman–Crippen MR) is 47.1 cm³/mol. The van der Waals surface area contributed by atoms with Crippen LogP contribution in [0.5, 0.6) is 0 Å². The number of rotatable bonds is 0. The lowest BCUT2D eigenvalue weighted by molar-refractivity contribution is -0.122. The number of aryl methyl sites for hydroxylation is 1. The molecule has 0 aliphatic heterocycles. The molecule has 1 aromatic carbocycles. The summed E-state index contributed by atoms with van der Waals surface area (Å²) < 4.78 is 0. The van der Waals surface area contributed by atoms with Crippen LogP contribution in [0.1, 0.15) is 5.56 Å². The average Bonchev–Trinajstić information content (AvgIpc) is 1.91. The Kier molecular flexibility index (Phi) is 10.3. The lowest BCUT2D eigenvalue weighted by Gasteiger charge is -1.82. The van der Waals surface area contributed by atoms with Crippen molar-refractivity contribution in [2.24, 2.45) is 0 Å². The van der Waals surface area contributed by atoms with Crippen molar-refractivity contribution < 1.29 is 9.90 Å². The second kappa shape index (κ2) is 8.98. The van der Waals surface area contributed by atoms with Gasteiger partial charge in [0, 0.05) is 0 Å². The third kappa shape index (κ3) is 8.98. The number of halogens is 1. The molecular weight excluding hydrogens is 164 g/mol. The summed E-state index contributed by atoms with van der Waals surface area (Å²) >= 11 is 0. The standard InChI is InChI=1S/C7H8.CH2O2.ClH/c1-7-5-3-2-4-6-7;2-1-3;/h2-6H,1H3;1H,(H,2,3);1H. The van der Waals surface area contributed by atoms with Gasteiger partial charge in [0.2, 0.25) is 0 Å². The normalized spacial score (nSPS) is 6.64. The minimum atomic E-state index is -0.250. The van der Waals surface area contributed by atoms with Gasteiger partial charge in [-0.1, -0.05) is 35.9 Å². The van der Waals surface area contributed by atoms with Crippen LogP contribution in [-0.2, 0) is 4.79 Å². The van der Waals surface area contributed by atoms with Crippen LogP contribution in [0.3, 0.4) is 0 Å². The van der Waals surface area contributed by atoms with E-state index in [9.17, 15) is 0 Å². The summed E-state index contributed by atoms with van der Waals surface area (Å²) in [5, 5.41) is 6.89. The van der Waals surface area contributed by atoms with Crippen molar-refractivity contribution in [1.29, 1.82) is 0 Å². The SMILES string of the molecule is Cc1ccccc1.Cl.O=CO. The van der Waals surface area contributed by atoms with Gasteiger partial charge in [-0.25, -0.2) is 0 Å². The van der Waals surface area contributed by atoms with E-state index in [1.807, 2.05) is 18.2 Å². The molecule has 0 unspecified atom stereocenters. The van der Waals surface area contributed by atoms with Crippen molar-refractivity contribution in [1.82, 2.24) is 0 Å². The Labute approximate surface area is 72.3 Å². The van der Waals surface area contributed by atoms with Crippen LogP contribution in [0, 0.1) is 6.92 Å². The molecule has 11 heavy (non-hydrogen) atoms. The van der Waals surface area contributed by atoms with E-state index in [4.69, 9.17) is 9.90 Å². The smallest absolute Gasteiger partial charge is 0.290 e. The van der Waals surface area contributed by atoms with E-state index in [1.54, 1.807) is 0 Å². The van der Waals surface area contributed by atoms with E-state index in [2.05, 4.69) is 19.1 Å². The minimum Gasteiger partial charge on any atom is -0.483 e. The summed E-state index contributed by atoms with van der Waals surface area (Å²) in [6.45, 7) is 1.83. The highest BCUT2D eigenvalue weighted by molar-refractivity contribution is 5.85. The molecule has 0 saturated carbocycles. The molecule has 62 valence electrons. The van der Waals surface area contributed by atoms with Crippen molar-refractivity contribution >= 4 is 18.9 Å². The van der Waals surface area contributed by atoms with Crippen LogP contribution in [0.15, 0.2) is 30.3 Å². The second-order valence-corrected chi connectivity index (χ2v) is 1.76. The Hall–Kier alpha value is -1.02. The number of carbonyl (C=O) groups is 1. The van der Waals surface area contributed by atoms with Gasteiger partial charge < -0.3 is 5.11 Å². The van der Waals surface area contributed by atoms with Gasteiger partial charge in [0.1, 0.15) is 0 Å². The van der Waals surface area contributed by atoms with E-state index in [-0.39, 0.29) is 18.9 Å². The van der Waals surface area contributed by atoms with Gasteiger partial charge in [-0.2, -0.15) is 0 Å². The molecule has 0 fully saturated rings. The average molecular weight is 175 g/mol. The zero-order valence-electron chi connectivity index (χ0n) is 6.23. The minimum absolute atomic E-state index is 0. The second-order valence-electron chi connectivity index (χ2n) is 1.76. The Morgan fingerprint density at radius 2 is 1.64 bits per heavy atom. The molecule has 1 rings (SSSR count). The molecule has 0 aliphatic rings. The van der Waals surface area contributed by atoms with Crippen LogP contribution in [-0.4, -0.2) is 11.6 Å². The largest absolute Gasteiger partial charge is 0.483 e. The van der Waals surface area contributed by atoms with Crippen molar-refractivity contribution in [2.45, 2.75) is 6.92 Å². The molecule has 0 atom stereocenters. The first kappa shape index (κ1) is 12.6. The fourth-order valence-corrected chi connectivity index (χ4v) is 0.534. The topological polar surface area (TPSA) is 37.3 Å². The zero-order chi connectivity index (χ0) is 7.82. The van der Waals surface area contributed by atoms with Crippen LogP contribution in [0.25, 0.3) is 0 Å². The van der Waals surface area contributed by atoms with E-state index < -0.39 is 0 Å². The van der Waals surface area contributed by atoms with Gasteiger partial charge in [-0.05, 0) is 6.92 Å². The molecule has 0 saturated heterocycles. The fraction of sp³-hybridized carbons (Fsp3) is 0.125. The lowest BCUT2D eigenvalue weighted by atomic mass is 10.2. The van der Waals surface area contributed by atoms with Crippen LogP contribution in [0.2, 0.25) is 0 Å². The molecule has 1 N–H and O–H groups in total. The van der Waals surface area contributed by atoms with Gasteiger partial charge in [-0.3, -0.25) is 4.79 Å². The Morgan fingerprint density at radius 3 is 1.82 bits per heavy atom. The van der Waals surface area contributed by atoms with Gasteiger partial charge >= 0.3 is 0 Å². The van der Waals surface area contributed by atoms with Crippen molar-refractivity contribution in [3.63, 3.8) is 0 Å². The number of benzene rings is 1. The summed E-state index contributed by atoms with van der Waals surface area (Å²) in [7, 11) is 0. The Bertz CT molecular complexity index is 175. The Balaban J connectivity index is 0. The molecule has 0 spiro atoms. The van der Waals surface area contributed by atoms with Crippen LogP contribution >= 0.6 is 12.4 Å². The maximum atomic E-state index is 8.36. The van der Waals surface area contributed by atoms with E-state index in [0.29, 0.717) is 0 Å². The van der Waals surface area contributed by atoms with Gasteiger partial charge in [-0.15, -0.1) is 12.4 Å². The third-order valence-electron chi connectivity index (χ3n) is 0.940. The predicted octanol–water partition coefficient (Wildman–Crippen LogP) is 2.12. The molecule has 0 amide bonds. The van der Waals surface area contributed by atoms with E-state index in [1.165, 1.54) is 5.56 Å². The summed E-state index contributed by atoms with van der Waals surface area (Å²) in [6.07, 6.45) is 0. The first-order valence-corrected chi connectivity index (χ1v) is 2.90. The molecule has 1 aromatic rings. The summed E-state index contributed by atoms with van der Waals surface area (Å²) in [5.74, 6) is 0. The maximum absolute atomic E-state index is 8.36. The first-order chi connectivity index (χ1) is 4.81.